The van der Waals surface area contributed by atoms with Gasteiger partial charge < -0.3 is 4.90 Å². The second-order valence-electron chi connectivity index (χ2n) is 9.17. The standard InChI is InChI=1S/C27H29N5O2/c1-19-8-6-7-11-24(19)32-26-23(17-28-32)20(2)29-31(27(26)34)18-25(33)30-14-12-22(13-15-30)16-21-9-4-3-5-10-21/h3-11,17,22H,12-16,18H2,1-2H3. The van der Waals surface area contributed by atoms with Crippen molar-refractivity contribution < 1.29 is 4.79 Å². The van der Waals surface area contributed by atoms with Crippen molar-refractivity contribution in [3.05, 3.63) is 88.0 Å². The van der Waals surface area contributed by atoms with Crippen LogP contribution in [0.15, 0.2) is 65.6 Å². The molecule has 0 aliphatic carbocycles. The molecule has 3 heterocycles. The van der Waals surface area contributed by atoms with E-state index in [0.29, 0.717) is 35.6 Å². The minimum absolute atomic E-state index is 0.0576. The van der Waals surface area contributed by atoms with E-state index in [9.17, 15) is 9.59 Å². The van der Waals surface area contributed by atoms with Gasteiger partial charge in [0, 0.05) is 18.5 Å². The molecule has 1 fully saturated rings. The third-order valence-electron chi connectivity index (χ3n) is 6.83. The number of piperidine rings is 1. The van der Waals surface area contributed by atoms with E-state index in [2.05, 4.69) is 34.5 Å². The Morgan fingerprint density at radius 1 is 1.00 bits per heavy atom. The summed E-state index contributed by atoms with van der Waals surface area (Å²) in [5.41, 5.74) is 4.05. The van der Waals surface area contributed by atoms with Crippen molar-refractivity contribution >= 4 is 16.8 Å². The number of hydrogen-bond acceptors (Lipinski definition) is 4. The molecule has 1 amide bonds. The number of aromatic nitrogens is 4. The first-order valence-corrected chi connectivity index (χ1v) is 11.8. The Kier molecular flexibility index (Phi) is 6.01. The van der Waals surface area contributed by atoms with Crippen molar-refractivity contribution in [1.82, 2.24) is 24.5 Å². The fourth-order valence-corrected chi connectivity index (χ4v) is 4.87. The van der Waals surface area contributed by atoms with Crippen LogP contribution in [0.1, 0.15) is 29.7 Å². The second kappa shape index (κ2) is 9.25. The summed E-state index contributed by atoms with van der Waals surface area (Å²) in [6.07, 6.45) is 4.67. The van der Waals surface area contributed by atoms with Gasteiger partial charge in [-0.2, -0.15) is 10.2 Å². The van der Waals surface area contributed by atoms with E-state index in [1.54, 1.807) is 10.9 Å². The third kappa shape index (κ3) is 4.25. The lowest BCUT2D eigenvalue weighted by molar-refractivity contribution is -0.133. The Bertz CT molecular complexity index is 1380. The van der Waals surface area contributed by atoms with E-state index in [1.807, 2.05) is 49.1 Å². The van der Waals surface area contributed by atoms with Gasteiger partial charge in [-0.3, -0.25) is 9.59 Å². The predicted molar refractivity (Wildman–Crippen MR) is 132 cm³/mol. The third-order valence-corrected chi connectivity index (χ3v) is 6.83. The van der Waals surface area contributed by atoms with Crippen molar-refractivity contribution in [2.24, 2.45) is 5.92 Å². The van der Waals surface area contributed by atoms with E-state index >= 15 is 0 Å². The van der Waals surface area contributed by atoms with Gasteiger partial charge in [-0.25, -0.2) is 9.36 Å². The number of carbonyl (C=O) groups is 1. The van der Waals surface area contributed by atoms with Crippen LogP contribution in [0.5, 0.6) is 0 Å². The minimum atomic E-state index is -0.298. The molecule has 1 aliphatic rings. The number of benzene rings is 2. The van der Waals surface area contributed by atoms with Gasteiger partial charge in [0.1, 0.15) is 12.1 Å². The molecule has 0 N–H and O–H groups in total. The number of amides is 1. The van der Waals surface area contributed by atoms with E-state index in [4.69, 9.17) is 0 Å². The highest BCUT2D eigenvalue weighted by atomic mass is 16.2. The summed E-state index contributed by atoms with van der Waals surface area (Å²) in [7, 11) is 0. The van der Waals surface area contributed by atoms with Crippen LogP contribution >= 0.6 is 0 Å². The second-order valence-corrected chi connectivity index (χ2v) is 9.17. The van der Waals surface area contributed by atoms with Gasteiger partial charge in [-0.1, -0.05) is 48.5 Å². The maximum absolute atomic E-state index is 13.4. The van der Waals surface area contributed by atoms with Gasteiger partial charge >= 0.3 is 0 Å². The Hall–Kier alpha value is -3.74. The highest BCUT2D eigenvalue weighted by molar-refractivity contribution is 5.82. The van der Waals surface area contributed by atoms with Crippen molar-refractivity contribution in [1.29, 1.82) is 0 Å². The smallest absolute Gasteiger partial charge is 0.293 e. The van der Waals surface area contributed by atoms with Gasteiger partial charge in [0.2, 0.25) is 5.91 Å². The summed E-state index contributed by atoms with van der Waals surface area (Å²) >= 11 is 0. The molecule has 1 saturated heterocycles. The van der Waals surface area contributed by atoms with Crippen LogP contribution in [0.3, 0.4) is 0 Å². The quantitative estimate of drug-likeness (QED) is 0.460. The monoisotopic (exact) mass is 455 g/mol. The first-order chi connectivity index (χ1) is 16.5. The number of aryl methyl sites for hydroxylation is 2. The number of fused-ring (bicyclic) bond motifs is 1. The molecule has 7 heteroatoms. The zero-order valence-electron chi connectivity index (χ0n) is 19.6. The van der Waals surface area contributed by atoms with E-state index in [-0.39, 0.29) is 18.0 Å². The maximum atomic E-state index is 13.4. The molecule has 0 radical (unpaired) electrons. The van der Waals surface area contributed by atoms with Crippen LogP contribution in [0.25, 0.3) is 16.6 Å². The Labute approximate surface area is 198 Å². The summed E-state index contributed by atoms with van der Waals surface area (Å²) in [6.45, 7) is 5.21. The average molecular weight is 456 g/mol. The number of rotatable bonds is 5. The van der Waals surface area contributed by atoms with Crippen molar-refractivity contribution in [3.63, 3.8) is 0 Å². The molecule has 34 heavy (non-hydrogen) atoms. The average Bonchev–Trinajstić information content (AvgIpc) is 3.29. The number of nitrogens with zero attached hydrogens (tertiary/aromatic N) is 5. The molecular weight excluding hydrogens is 426 g/mol. The number of carbonyl (C=O) groups excluding carboxylic acids is 1. The fraction of sp³-hybridized carbons (Fsp3) is 0.333. The number of hydrogen-bond donors (Lipinski definition) is 0. The normalized spacial score (nSPS) is 14.6. The molecule has 7 nitrogen and oxygen atoms in total. The maximum Gasteiger partial charge on any atom is 0.293 e. The van der Waals surface area contributed by atoms with Gasteiger partial charge in [-0.05, 0) is 56.2 Å². The van der Waals surface area contributed by atoms with Crippen LogP contribution in [0, 0.1) is 19.8 Å². The van der Waals surface area contributed by atoms with Gasteiger partial charge in [0.15, 0.2) is 0 Å². The molecule has 1 aliphatic heterocycles. The lowest BCUT2D eigenvalue weighted by atomic mass is 9.90. The molecule has 0 atom stereocenters. The van der Waals surface area contributed by atoms with Crippen molar-refractivity contribution in [2.75, 3.05) is 13.1 Å². The Morgan fingerprint density at radius 3 is 2.44 bits per heavy atom. The van der Waals surface area contributed by atoms with Crippen LogP contribution in [0.2, 0.25) is 0 Å². The molecular formula is C27H29N5O2. The van der Waals surface area contributed by atoms with Gasteiger partial charge in [-0.15, -0.1) is 0 Å². The first kappa shape index (κ1) is 22.1. The first-order valence-electron chi connectivity index (χ1n) is 11.8. The number of likely N-dealkylation sites (tertiary alicyclic amines) is 1. The lowest BCUT2D eigenvalue weighted by Gasteiger charge is -2.32. The highest BCUT2D eigenvalue weighted by Gasteiger charge is 2.24. The molecule has 0 spiro atoms. The zero-order valence-corrected chi connectivity index (χ0v) is 19.6. The minimum Gasteiger partial charge on any atom is -0.341 e. The lowest BCUT2D eigenvalue weighted by Crippen LogP contribution is -2.42. The predicted octanol–water partition coefficient (Wildman–Crippen LogP) is 3.68. The highest BCUT2D eigenvalue weighted by Crippen LogP contribution is 2.22. The summed E-state index contributed by atoms with van der Waals surface area (Å²) in [5.74, 6) is 0.517. The van der Waals surface area contributed by atoms with E-state index in [0.717, 1.165) is 30.5 Å². The molecule has 2 aromatic heterocycles. The largest absolute Gasteiger partial charge is 0.341 e. The zero-order chi connectivity index (χ0) is 23.7. The topological polar surface area (TPSA) is 73.0 Å². The Morgan fingerprint density at radius 2 is 1.71 bits per heavy atom. The molecule has 174 valence electrons. The molecule has 4 aromatic rings. The molecule has 0 unspecified atom stereocenters. The molecule has 2 aromatic carbocycles. The van der Waals surface area contributed by atoms with Gasteiger partial charge in [0.25, 0.3) is 5.56 Å². The fourth-order valence-electron chi connectivity index (χ4n) is 4.87. The molecule has 0 bridgehead atoms. The molecule has 0 saturated carbocycles. The van der Waals surface area contributed by atoms with Crippen LogP contribution in [-0.4, -0.2) is 43.5 Å². The van der Waals surface area contributed by atoms with E-state index < -0.39 is 0 Å². The molecule has 5 rings (SSSR count). The van der Waals surface area contributed by atoms with Crippen LogP contribution in [-0.2, 0) is 17.8 Å². The number of para-hydroxylation sites is 1. The summed E-state index contributed by atoms with van der Waals surface area (Å²) in [4.78, 5) is 28.3. The summed E-state index contributed by atoms with van der Waals surface area (Å²) < 4.78 is 2.96. The Balaban J connectivity index is 1.34. The van der Waals surface area contributed by atoms with Gasteiger partial charge in [0.05, 0.1) is 17.6 Å². The SMILES string of the molecule is Cc1ccccc1-n1ncc2c(C)nn(CC(=O)N3CCC(Cc4ccccc4)CC3)c(=O)c21. The summed E-state index contributed by atoms with van der Waals surface area (Å²) in [6, 6.07) is 18.3. The van der Waals surface area contributed by atoms with Crippen LogP contribution < -0.4 is 5.56 Å². The van der Waals surface area contributed by atoms with Crippen molar-refractivity contribution in [3.8, 4) is 5.69 Å². The van der Waals surface area contributed by atoms with Crippen LogP contribution in [0.4, 0.5) is 0 Å². The summed E-state index contributed by atoms with van der Waals surface area (Å²) in [5, 5.41) is 9.62. The van der Waals surface area contributed by atoms with E-state index in [1.165, 1.54) is 10.2 Å². The van der Waals surface area contributed by atoms with Crippen molar-refractivity contribution in [2.45, 2.75) is 39.7 Å².